The number of aliphatic hydroxyl groups is 2. The van der Waals surface area contributed by atoms with Crippen molar-refractivity contribution >= 4 is 0 Å². The van der Waals surface area contributed by atoms with Crippen molar-refractivity contribution in [3.05, 3.63) is 0 Å². The van der Waals surface area contributed by atoms with Gasteiger partial charge in [0.2, 0.25) is 0 Å². The third-order valence-electron chi connectivity index (χ3n) is 11.3. The van der Waals surface area contributed by atoms with Gasteiger partial charge >= 0.3 is 0 Å². The lowest BCUT2D eigenvalue weighted by Gasteiger charge is -2.75. The highest BCUT2D eigenvalue weighted by Gasteiger charge is 2.89. The van der Waals surface area contributed by atoms with Crippen molar-refractivity contribution in [2.45, 2.75) is 81.8 Å². The maximum absolute atomic E-state index is 12.4. The summed E-state index contributed by atoms with van der Waals surface area (Å²) in [6.45, 7) is 5.60. The molecule has 0 aromatic rings. The molecule has 9 fully saturated rings. The summed E-state index contributed by atoms with van der Waals surface area (Å²) in [7, 11) is 3.58. The number of hydrogen-bond acceptors (Lipinski definition) is 6. The van der Waals surface area contributed by atoms with Gasteiger partial charge in [0.15, 0.2) is 0 Å². The second-order valence-corrected chi connectivity index (χ2v) is 11.5. The molecule has 2 N–H and O–H groups in total. The van der Waals surface area contributed by atoms with Crippen molar-refractivity contribution < 1.29 is 24.4 Å². The zero-order chi connectivity index (χ0) is 20.1. The summed E-state index contributed by atoms with van der Waals surface area (Å²) in [5.41, 5.74) is -0.898. The highest BCUT2D eigenvalue weighted by Crippen LogP contribution is 2.82. The minimum Gasteiger partial charge on any atom is -0.392 e. The van der Waals surface area contributed by atoms with Crippen LogP contribution in [0.5, 0.6) is 0 Å². The maximum atomic E-state index is 12.4. The first-order chi connectivity index (χ1) is 13.9. The van der Waals surface area contributed by atoms with Gasteiger partial charge in [-0.15, -0.1) is 0 Å². The molecule has 162 valence electrons. The van der Waals surface area contributed by atoms with Crippen LogP contribution < -0.4 is 0 Å². The van der Waals surface area contributed by atoms with Crippen LogP contribution in [0.25, 0.3) is 0 Å². The van der Waals surface area contributed by atoms with Crippen LogP contribution in [0.4, 0.5) is 0 Å². The van der Waals surface area contributed by atoms with Crippen molar-refractivity contribution in [1.29, 1.82) is 0 Å². The summed E-state index contributed by atoms with van der Waals surface area (Å²) in [6.07, 6.45) is 3.67. The first-order valence-corrected chi connectivity index (χ1v) is 11.8. The summed E-state index contributed by atoms with van der Waals surface area (Å²) in [5.74, 6) is 0.745. The van der Waals surface area contributed by atoms with E-state index in [4.69, 9.17) is 14.2 Å². The lowest BCUT2D eigenvalue weighted by Crippen LogP contribution is -2.82. The van der Waals surface area contributed by atoms with Crippen molar-refractivity contribution in [2.24, 2.45) is 40.4 Å². The van der Waals surface area contributed by atoms with Crippen LogP contribution in [0.2, 0.25) is 0 Å². The fourth-order valence-corrected chi connectivity index (χ4v) is 11.0. The van der Waals surface area contributed by atoms with E-state index >= 15 is 0 Å². The van der Waals surface area contributed by atoms with Gasteiger partial charge in [-0.25, -0.2) is 0 Å². The highest BCUT2D eigenvalue weighted by atomic mass is 16.5. The smallest absolute Gasteiger partial charge is 0.117 e. The molecule has 5 aliphatic carbocycles. The summed E-state index contributed by atoms with van der Waals surface area (Å²) in [5, 5.41) is 23.8. The first kappa shape index (κ1) is 18.3. The summed E-state index contributed by atoms with van der Waals surface area (Å²) in [4.78, 5) is 2.59. The van der Waals surface area contributed by atoms with Gasteiger partial charge in [-0.05, 0) is 31.7 Å². The molecular formula is C23H35NO5. The lowest BCUT2D eigenvalue weighted by molar-refractivity contribution is -0.392. The Morgan fingerprint density at radius 2 is 2.00 bits per heavy atom. The Bertz CT molecular complexity index is 764. The molecule has 14 atom stereocenters. The van der Waals surface area contributed by atoms with Crippen LogP contribution in [-0.4, -0.2) is 78.2 Å². The average molecular weight is 406 g/mol. The van der Waals surface area contributed by atoms with Crippen LogP contribution in [-0.2, 0) is 14.2 Å². The van der Waals surface area contributed by atoms with Crippen molar-refractivity contribution in [1.82, 2.24) is 4.90 Å². The van der Waals surface area contributed by atoms with Crippen LogP contribution in [0, 0.1) is 40.4 Å². The molecule has 0 aromatic heterocycles. The molecule has 9 aliphatic rings. The Labute approximate surface area is 172 Å². The summed E-state index contributed by atoms with van der Waals surface area (Å²) < 4.78 is 19.0. The maximum Gasteiger partial charge on any atom is 0.117 e. The molecular weight excluding hydrogens is 370 g/mol. The van der Waals surface area contributed by atoms with E-state index in [0.29, 0.717) is 12.3 Å². The second-order valence-electron chi connectivity index (χ2n) is 11.5. The third-order valence-corrected chi connectivity index (χ3v) is 11.3. The quantitative estimate of drug-likeness (QED) is 0.736. The van der Waals surface area contributed by atoms with E-state index in [1.54, 1.807) is 7.11 Å². The highest BCUT2D eigenvalue weighted by molar-refractivity contribution is 5.37. The molecule has 6 heteroatoms. The molecule has 4 aliphatic heterocycles. The molecule has 4 heterocycles. The standard InChI is InChI=1S/C23H35NO5/c1-5-24-19-15-17(28-4)18-21(2)7-6-13(29-20(21)24)23(18,19)11-8-10-12(27-3)9-22(15,26)14(11)16(10)25/h10-20,25-26H,5-9H2,1-4H3/t10-,11-,12+,13-,14-,15-,16-,17-,18+,19+,20+,21+,22-,23-/m0/s1. The van der Waals surface area contributed by atoms with E-state index in [2.05, 4.69) is 18.7 Å². The van der Waals surface area contributed by atoms with E-state index < -0.39 is 11.7 Å². The van der Waals surface area contributed by atoms with Gasteiger partial charge in [-0.2, -0.15) is 0 Å². The Balaban J connectivity index is 1.52. The topological polar surface area (TPSA) is 71.4 Å². The molecule has 0 amide bonds. The van der Waals surface area contributed by atoms with Gasteiger partial charge in [0, 0.05) is 61.2 Å². The number of hydrogen-bond donors (Lipinski definition) is 2. The molecule has 9 rings (SSSR count). The second kappa shape index (κ2) is 5.21. The SMILES string of the molecule is CCN1[C@@H]2O[C@H]3CC[C@]2(C)[C@H]2[C@@H](OC)[C@H]4[C@@H]1[C@@]32[C@H]1C[C@@H]2[C@H](O)[C@H]1[C@@]4(O)C[C@H]2OC. The third kappa shape index (κ3) is 1.56. The number of rotatable bonds is 3. The molecule has 6 nitrogen and oxygen atoms in total. The minimum atomic E-state index is -0.934. The van der Waals surface area contributed by atoms with Crippen molar-refractivity contribution in [2.75, 3.05) is 20.8 Å². The van der Waals surface area contributed by atoms with Gasteiger partial charge in [0.25, 0.3) is 0 Å². The zero-order valence-electron chi connectivity index (χ0n) is 18.0. The largest absolute Gasteiger partial charge is 0.392 e. The van der Waals surface area contributed by atoms with E-state index in [0.717, 1.165) is 19.4 Å². The van der Waals surface area contributed by atoms with Gasteiger partial charge in [0.1, 0.15) is 6.23 Å². The predicted molar refractivity (Wildman–Crippen MR) is 104 cm³/mol. The monoisotopic (exact) mass is 405 g/mol. The van der Waals surface area contributed by atoms with Crippen LogP contribution >= 0.6 is 0 Å². The van der Waals surface area contributed by atoms with Gasteiger partial charge in [-0.1, -0.05) is 13.8 Å². The van der Waals surface area contributed by atoms with E-state index in [1.165, 1.54) is 6.42 Å². The van der Waals surface area contributed by atoms with Crippen LogP contribution in [0.15, 0.2) is 0 Å². The van der Waals surface area contributed by atoms with Gasteiger partial charge in [0.05, 0.1) is 30.0 Å². The number of methoxy groups -OCH3 is 2. The molecule has 9 bridgehead atoms. The number of piperidine rings is 1. The number of nitrogens with zero attached hydrogens (tertiary/aromatic N) is 1. The molecule has 4 saturated heterocycles. The predicted octanol–water partition coefficient (Wildman–Crippen LogP) is 1.24. The first-order valence-electron chi connectivity index (χ1n) is 11.8. The molecule has 1 spiro atoms. The average Bonchev–Trinajstić information content (AvgIpc) is 3.14. The number of ether oxygens (including phenoxy) is 3. The van der Waals surface area contributed by atoms with Crippen molar-refractivity contribution in [3.8, 4) is 0 Å². The number of aliphatic hydroxyl groups excluding tert-OH is 1. The van der Waals surface area contributed by atoms with Crippen LogP contribution in [0.1, 0.15) is 39.5 Å². The van der Waals surface area contributed by atoms with Gasteiger partial charge in [-0.3, -0.25) is 4.90 Å². The van der Waals surface area contributed by atoms with E-state index in [-0.39, 0.29) is 65.1 Å². The Hall–Kier alpha value is -0.240. The minimum absolute atomic E-state index is 0.0128. The summed E-state index contributed by atoms with van der Waals surface area (Å²) in [6, 6.07) is 0.285. The van der Waals surface area contributed by atoms with Crippen molar-refractivity contribution in [3.63, 3.8) is 0 Å². The normalized spacial score (nSPS) is 68.7. The molecule has 0 radical (unpaired) electrons. The van der Waals surface area contributed by atoms with E-state index in [9.17, 15) is 10.2 Å². The molecule has 29 heavy (non-hydrogen) atoms. The molecule has 0 aromatic carbocycles. The van der Waals surface area contributed by atoms with Crippen LogP contribution in [0.3, 0.4) is 0 Å². The lowest BCUT2D eigenvalue weighted by atomic mass is 9.41. The summed E-state index contributed by atoms with van der Waals surface area (Å²) >= 11 is 0. The Kier molecular flexibility index (Phi) is 3.30. The molecule has 0 unspecified atom stereocenters. The zero-order valence-corrected chi connectivity index (χ0v) is 18.0. The Morgan fingerprint density at radius 1 is 1.21 bits per heavy atom. The fourth-order valence-electron chi connectivity index (χ4n) is 11.0. The number of fused-ring (bicyclic) bond motifs is 3. The fraction of sp³-hybridized carbons (Fsp3) is 1.00. The van der Waals surface area contributed by atoms with E-state index in [1.807, 2.05) is 7.11 Å². The van der Waals surface area contributed by atoms with Gasteiger partial charge < -0.3 is 24.4 Å². The Morgan fingerprint density at radius 3 is 2.69 bits per heavy atom. The molecule has 5 saturated carbocycles.